The molecule has 2 rings (SSSR count). The second kappa shape index (κ2) is 8.44. The van der Waals surface area contributed by atoms with Crippen LogP contribution in [0.2, 0.25) is 0 Å². The van der Waals surface area contributed by atoms with Gasteiger partial charge in [0.1, 0.15) is 6.04 Å². The highest BCUT2D eigenvalue weighted by atomic mass is 32.2. The van der Waals surface area contributed by atoms with Gasteiger partial charge in [0.25, 0.3) is 0 Å². The van der Waals surface area contributed by atoms with E-state index in [0.717, 1.165) is 0 Å². The first-order valence-corrected chi connectivity index (χ1v) is 9.79. The highest BCUT2D eigenvalue weighted by molar-refractivity contribution is 7.89. The van der Waals surface area contributed by atoms with Gasteiger partial charge in [-0.3, -0.25) is 4.79 Å². The quantitative estimate of drug-likeness (QED) is 0.668. The second-order valence-electron chi connectivity index (χ2n) is 6.51. The van der Waals surface area contributed by atoms with Crippen molar-refractivity contribution in [2.24, 2.45) is 11.8 Å². The van der Waals surface area contributed by atoms with Gasteiger partial charge >= 0.3 is 5.97 Å². The maximum absolute atomic E-state index is 12.5. The molecule has 0 saturated carbocycles. The summed E-state index contributed by atoms with van der Waals surface area (Å²) in [6.07, 6.45) is 0.944. The van der Waals surface area contributed by atoms with Gasteiger partial charge in [0.05, 0.1) is 17.4 Å². The molecule has 0 aromatic heterocycles. The number of amides is 1. The van der Waals surface area contributed by atoms with Gasteiger partial charge < -0.3 is 10.1 Å². The predicted octanol–water partition coefficient (Wildman–Crippen LogP) is 1.06. The van der Waals surface area contributed by atoms with Crippen LogP contribution in [-0.2, 0) is 24.3 Å². The van der Waals surface area contributed by atoms with Crippen molar-refractivity contribution in [3.63, 3.8) is 0 Å². The Labute approximate surface area is 148 Å². The Hall–Kier alpha value is -1.93. The molecule has 2 atom stereocenters. The van der Waals surface area contributed by atoms with Crippen LogP contribution < -0.4 is 10.0 Å². The van der Waals surface area contributed by atoms with Crippen LogP contribution >= 0.6 is 0 Å². The highest BCUT2D eigenvalue weighted by Gasteiger charge is 2.31. The summed E-state index contributed by atoms with van der Waals surface area (Å²) in [5.41, 5.74) is 0. The minimum Gasteiger partial charge on any atom is -0.464 e. The van der Waals surface area contributed by atoms with Gasteiger partial charge in [0, 0.05) is 13.0 Å². The summed E-state index contributed by atoms with van der Waals surface area (Å²) in [5, 5.41) is 2.66. The number of rotatable bonds is 8. The van der Waals surface area contributed by atoms with E-state index in [0.29, 0.717) is 19.4 Å². The standard InChI is InChI=1S/C17H24N2O5S/c1-12(2)10-13(16(20)19-15-8-9-24-17(15)21)11-18-25(22,23)14-6-4-3-5-7-14/h3-7,12-13,15,18H,8-11H2,1-2H3,(H,19,20)/t13-,15-/m0/s1. The lowest BCUT2D eigenvalue weighted by molar-refractivity contribution is -0.141. The number of benzene rings is 1. The molecule has 1 aliphatic rings. The number of hydrogen-bond acceptors (Lipinski definition) is 5. The zero-order valence-corrected chi connectivity index (χ0v) is 15.2. The summed E-state index contributed by atoms with van der Waals surface area (Å²) >= 11 is 0. The van der Waals surface area contributed by atoms with Crippen LogP contribution in [0.4, 0.5) is 0 Å². The lowest BCUT2D eigenvalue weighted by atomic mass is 9.96. The number of ether oxygens (including phenoxy) is 1. The predicted molar refractivity (Wildman–Crippen MR) is 92.1 cm³/mol. The smallest absolute Gasteiger partial charge is 0.328 e. The summed E-state index contributed by atoms with van der Waals surface area (Å²) < 4.78 is 32.0. The molecule has 1 amide bonds. The molecule has 25 heavy (non-hydrogen) atoms. The van der Waals surface area contributed by atoms with Crippen molar-refractivity contribution in [2.45, 2.75) is 37.6 Å². The Bertz CT molecular complexity index is 703. The summed E-state index contributed by atoms with van der Waals surface area (Å²) in [6, 6.07) is 7.35. The SMILES string of the molecule is CC(C)C[C@@H](CNS(=O)(=O)c1ccccc1)C(=O)N[C@H]1CCOC1=O. The number of esters is 1. The molecular weight excluding hydrogens is 344 g/mol. The van der Waals surface area contributed by atoms with Crippen LogP contribution in [0.15, 0.2) is 35.2 Å². The van der Waals surface area contributed by atoms with Gasteiger partial charge in [-0.05, 0) is 24.5 Å². The number of sulfonamides is 1. The normalized spacial score (nSPS) is 18.8. The van der Waals surface area contributed by atoms with Gasteiger partial charge in [-0.2, -0.15) is 0 Å². The number of cyclic esters (lactones) is 1. The maximum atomic E-state index is 12.5. The van der Waals surface area contributed by atoms with Crippen LogP contribution in [-0.4, -0.2) is 39.5 Å². The minimum atomic E-state index is -3.68. The van der Waals surface area contributed by atoms with Gasteiger partial charge in [0.15, 0.2) is 0 Å². The molecule has 8 heteroatoms. The van der Waals surface area contributed by atoms with Crippen LogP contribution in [0.1, 0.15) is 26.7 Å². The van der Waals surface area contributed by atoms with E-state index in [4.69, 9.17) is 4.74 Å². The molecule has 1 saturated heterocycles. The van der Waals surface area contributed by atoms with Crippen molar-refractivity contribution in [3.05, 3.63) is 30.3 Å². The van der Waals surface area contributed by atoms with Crippen LogP contribution in [0.3, 0.4) is 0 Å². The Morgan fingerprint density at radius 2 is 1.96 bits per heavy atom. The molecule has 1 aliphatic heterocycles. The lowest BCUT2D eigenvalue weighted by Gasteiger charge is -2.20. The minimum absolute atomic E-state index is 0.0248. The topological polar surface area (TPSA) is 102 Å². The van der Waals surface area contributed by atoms with Gasteiger partial charge in [-0.25, -0.2) is 17.9 Å². The van der Waals surface area contributed by atoms with Crippen molar-refractivity contribution >= 4 is 21.9 Å². The van der Waals surface area contributed by atoms with E-state index in [-0.39, 0.29) is 23.3 Å². The first kappa shape index (κ1) is 19.4. The van der Waals surface area contributed by atoms with Gasteiger partial charge in [0.2, 0.25) is 15.9 Å². The third-order valence-corrected chi connectivity index (χ3v) is 5.39. The van der Waals surface area contributed by atoms with Crippen LogP contribution in [0.5, 0.6) is 0 Å². The molecule has 7 nitrogen and oxygen atoms in total. The summed E-state index contributed by atoms with van der Waals surface area (Å²) in [4.78, 5) is 24.1. The van der Waals surface area contributed by atoms with Crippen molar-refractivity contribution < 1.29 is 22.7 Å². The molecule has 1 fully saturated rings. The summed E-state index contributed by atoms with van der Waals surface area (Å²) in [7, 11) is -3.68. The highest BCUT2D eigenvalue weighted by Crippen LogP contribution is 2.15. The van der Waals surface area contributed by atoms with Crippen molar-refractivity contribution in [2.75, 3.05) is 13.2 Å². The second-order valence-corrected chi connectivity index (χ2v) is 8.28. The van der Waals surface area contributed by atoms with E-state index in [1.165, 1.54) is 12.1 Å². The zero-order valence-electron chi connectivity index (χ0n) is 14.4. The third kappa shape index (κ3) is 5.54. The average molecular weight is 368 g/mol. The molecule has 0 unspecified atom stereocenters. The molecule has 0 aliphatic carbocycles. The fourth-order valence-corrected chi connectivity index (χ4v) is 3.76. The van der Waals surface area contributed by atoms with Crippen LogP contribution in [0.25, 0.3) is 0 Å². The Morgan fingerprint density at radius 3 is 2.52 bits per heavy atom. The largest absolute Gasteiger partial charge is 0.464 e. The van der Waals surface area contributed by atoms with Crippen molar-refractivity contribution in [3.8, 4) is 0 Å². The fraction of sp³-hybridized carbons (Fsp3) is 0.529. The van der Waals surface area contributed by atoms with Crippen LogP contribution in [0, 0.1) is 11.8 Å². The molecule has 1 aromatic rings. The van der Waals surface area contributed by atoms with Crippen molar-refractivity contribution in [1.29, 1.82) is 0 Å². The lowest BCUT2D eigenvalue weighted by Crippen LogP contribution is -2.45. The summed E-state index contributed by atoms with van der Waals surface area (Å²) in [5.74, 6) is -1.14. The molecular formula is C17H24N2O5S. The molecule has 138 valence electrons. The Morgan fingerprint density at radius 1 is 1.28 bits per heavy atom. The van der Waals surface area contributed by atoms with E-state index in [2.05, 4.69) is 10.0 Å². The van der Waals surface area contributed by atoms with Gasteiger partial charge in [-0.15, -0.1) is 0 Å². The molecule has 0 bridgehead atoms. The first-order chi connectivity index (χ1) is 11.8. The molecule has 0 spiro atoms. The Balaban J connectivity index is 2.02. The van der Waals surface area contributed by atoms with E-state index in [1.54, 1.807) is 18.2 Å². The number of carbonyl (C=O) groups is 2. The fourth-order valence-electron chi connectivity index (χ4n) is 2.66. The zero-order chi connectivity index (χ0) is 18.4. The van der Waals surface area contributed by atoms with Crippen molar-refractivity contribution in [1.82, 2.24) is 10.0 Å². The van der Waals surface area contributed by atoms with E-state index in [1.807, 2.05) is 13.8 Å². The molecule has 1 heterocycles. The monoisotopic (exact) mass is 368 g/mol. The number of nitrogens with one attached hydrogen (secondary N) is 2. The first-order valence-electron chi connectivity index (χ1n) is 8.31. The third-order valence-electron chi connectivity index (χ3n) is 3.95. The Kier molecular flexibility index (Phi) is 6.55. The summed E-state index contributed by atoms with van der Waals surface area (Å²) in [6.45, 7) is 4.17. The van der Waals surface area contributed by atoms with E-state index in [9.17, 15) is 18.0 Å². The number of carbonyl (C=O) groups excluding carboxylic acids is 2. The molecule has 1 aromatic carbocycles. The molecule has 0 radical (unpaired) electrons. The van der Waals surface area contributed by atoms with E-state index >= 15 is 0 Å². The number of hydrogen-bond donors (Lipinski definition) is 2. The molecule has 2 N–H and O–H groups in total. The average Bonchev–Trinajstić information content (AvgIpc) is 2.97. The van der Waals surface area contributed by atoms with E-state index < -0.39 is 28.0 Å². The maximum Gasteiger partial charge on any atom is 0.328 e. The van der Waals surface area contributed by atoms with Gasteiger partial charge in [-0.1, -0.05) is 32.0 Å².